The van der Waals surface area contributed by atoms with Crippen LogP contribution in [0.2, 0.25) is 0 Å². The van der Waals surface area contributed by atoms with E-state index < -0.39 is 16.1 Å². The number of carbonyl (C=O) groups excluding carboxylic acids is 2. The molecule has 0 bridgehead atoms. The summed E-state index contributed by atoms with van der Waals surface area (Å²) in [4.78, 5) is 29.5. The largest absolute Gasteiger partial charge is 0.453 e. The number of methoxy groups -OCH3 is 1. The van der Waals surface area contributed by atoms with E-state index in [1.165, 1.54) is 46.8 Å². The Kier molecular flexibility index (Phi) is 9.02. The molecule has 0 unspecified atom stereocenters. The summed E-state index contributed by atoms with van der Waals surface area (Å²) in [6, 6.07) is 26.9. The normalized spacial score (nSPS) is 18.7. The number of hydrogen-bond acceptors (Lipinski definition) is 6. The summed E-state index contributed by atoms with van der Waals surface area (Å²) in [6.07, 6.45) is 0.667. The van der Waals surface area contributed by atoms with E-state index in [-0.39, 0.29) is 29.3 Å². The summed E-state index contributed by atoms with van der Waals surface area (Å²) in [5.74, 6) is -0.345. The molecule has 0 radical (unpaired) electrons. The zero-order valence-corrected chi connectivity index (χ0v) is 24.0. The smallest absolute Gasteiger partial charge is 0.411 e. The topological polar surface area (TPSA) is 99.3 Å². The standard InChI is InChI=1S/C31H36N4O5S/c1-40-31(37)32-27-14-16-28(17-15-27)41(38,39)35-18-8-13-26(23-35)30(36)34-21-19-33(20-22-34)29(24-9-4-2-5-10-24)25-11-6-3-7-12-25/h2-7,9-12,14-17,26,29H,8,13,18-23H2,1H3,(H,32,37)/t26-/m0/s1. The van der Waals surface area contributed by atoms with Gasteiger partial charge in [0.1, 0.15) is 0 Å². The van der Waals surface area contributed by atoms with Crippen molar-refractivity contribution in [3.8, 4) is 0 Å². The molecule has 0 aliphatic carbocycles. The Morgan fingerprint density at radius 2 is 1.41 bits per heavy atom. The van der Waals surface area contributed by atoms with Gasteiger partial charge in [-0.25, -0.2) is 13.2 Å². The van der Waals surface area contributed by atoms with Crippen molar-refractivity contribution in [2.24, 2.45) is 5.92 Å². The third-order valence-corrected chi connectivity index (χ3v) is 9.76. The molecule has 41 heavy (non-hydrogen) atoms. The first-order chi connectivity index (χ1) is 19.9. The molecule has 2 aliphatic rings. The van der Waals surface area contributed by atoms with Gasteiger partial charge in [0.25, 0.3) is 0 Å². The fraction of sp³-hybridized carbons (Fsp3) is 0.355. The minimum atomic E-state index is -3.78. The van der Waals surface area contributed by atoms with Crippen molar-refractivity contribution >= 4 is 27.7 Å². The number of hydrogen-bond donors (Lipinski definition) is 1. The lowest BCUT2D eigenvalue weighted by Gasteiger charge is -2.41. The predicted molar refractivity (Wildman–Crippen MR) is 157 cm³/mol. The molecule has 2 saturated heterocycles. The van der Waals surface area contributed by atoms with Gasteiger partial charge in [-0.2, -0.15) is 4.31 Å². The third-order valence-electron chi connectivity index (χ3n) is 7.88. The first-order valence-electron chi connectivity index (χ1n) is 13.9. The SMILES string of the molecule is COC(=O)Nc1ccc(S(=O)(=O)N2CCC[C@H](C(=O)N3CCN(C(c4ccccc4)c4ccccc4)CC3)C2)cc1. The molecule has 0 saturated carbocycles. The number of nitrogens with zero attached hydrogens (tertiary/aromatic N) is 3. The Morgan fingerprint density at radius 1 is 0.829 bits per heavy atom. The van der Waals surface area contributed by atoms with Crippen molar-refractivity contribution in [2.45, 2.75) is 23.8 Å². The monoisotopic (exact) mass is 576 g/mol. The summed E-state index contributed by atoms with van der Waals surface area (Å²) in [5.41, 5.74) is 2.88. The molecular formula is C31H36N4O5S. The first kappa shape index (κ1) is 28.8. The molecule has 5 rings (SSSR count). The average molecular weight is 577 g/mol. The molecule has 2 fully saturated rings. The number of piperidine rings is 1. The number of amides is 2. The minimum Gasteiger partial charge on any atom is -0.453 e. The number of carbonyl (C=O) groups is 2. The summed E-state index contributed by atoms with van der Waals surface area (Å²) in [6.45, 7) is 3.22. The van der Waals surface area contributed by atoms with Gasteiger partial charge in [0.2, 0.25) is 15.9 Å². The molecule has 1 N–H and O–H groups in total. The van der Waals surface area contributed by atoms with Crippen molar-refractivity contribution in [1.82, 2.24) is 14.1 Å². The van der Waals surface area contributed by atoms with Gasteiger partial charge in [-0.05, 0) is 48.2 Å². The number of piperazine rings is 1. The molecule has 2 aliphatic heterocycles. The van der Waals surface area contributed by atoms with Gasteiger partial charge < -0.3 is 9.64 Å². The predicted octanol–water partition coefficient (Wildman–Crippen LogP) is 4.20. The van der Waals surface area contributed by atoms with Crippen LogP contribution in [-0.4, -0.2) is 80.9 Å². The molecule has 10 heteroatoms. The lowest BCUT2D eigenvalue weighted by Crippen LogP contribution is -2.53. The second-order valence-electron chi connectivity index (χ2n) is 10.4. The highest BCUT2D eigenvalue weighted by molar-refractivity contribution is 7.89. The zero-order valence-electron chi connectivity index (χ0n) is 23.2. The van der Waals surface area contributed by atoms with E-state index in [9.17, 15) is 18.0 Å². The number of ether oxygens (including phenoxy) is 1. The Labute approximate surface area is 241 Å². The van der Waals surface area contributed by atoms with Crippen molar-refractivity contribution in [1.29, 1.82) is 0 Å². The van der Waals surface area contributed by atoms with Crippen LogP contribution < -0.4 is 5.32 Å². The molecule has 0 aromatic heterocycles. The van der Waals surface area contributed by atoms with Gasteiger partial charge in [0.05, 0.1) is 24.0 Å². The van der Waals surface area contributed by atoms with Gasteiger partial charge in [-0.1, -0.05) is 60.7 Å². The Morgan fingerprint density at radius 3 is 1.98 bits per heavy atom. The number of anilines is 1. The maximum absolute atomic E-state index is 13.6. The number of nitrogens with one attached hydrogen (secondary N) is 1. The summed E-state index contributed by atoms with van der Waals surface area (Å²) in [7, 11) is -2.52. The molecule has 2 amide bonds. The first-order valence-corrected chi connectivity index (χ1v) is 15.4. The summed E-state index contributed by atoms with van der Waals surface area (Å²) in [5, 5.41) is 2.51. The Balaban J connectivity index is 1.22. The molecular weight excluding hydrogens is 540 g/mol. The highest BCUT2D eigenvalue weighted by Crippen LogP contribution is 2.31. The minimum absolute atomic E-state index is 0.0261. The number of sulfonamides is 1. The second-order valence-corrected chi connectivity index (χ2v) is 12.4. The Hall–Kier alpha value is -3.73. The maximum Gasteiger partial charge on any atom is 0.411 e. The van der Waals surface area contributed by atoms with Crippen LogP contribution in [0.15, 0.2) is 89.8 Å². The molecule has 216 valence electrons. The molecule has 3 aromatic rings. The fourth-order valence-electron chi connectivity index (χ4n) is 5.73. The van der Waals surface area contributed by atoms with E-state index in [1.54, 1.807) is 0 Å². The Bertz CT molecular complexity index is 1390. The average Bonchev–Trinajstić information content (AvgIpc) is 3.02. The maximum atomic E-state index is 13.6. The molecule has 1 atom stereocenters. The van der Waals surface area contributed by atoms with Gasteiger partial charge >= 0.3 is 6.09 Å². The molecule has 2 heterocycles. The van der Waals surface area contributed by atoms with E-state index in [2.05, 4.69) is 63.5 Å². The second kappa shape index (κ2) is 12.8. The van der Waals surface area contributed by atoms with Crippen molar-refractivity contribution in [3.05, 3.63) is 96.1 Å². The number of rotatable bonds is 7. The molecule has 9 nitrogen and oxygen atoms in total. The van der Waals surface area contributed by atoms with Crippen LogP contribution >= 0.6 is 0 Å². The van der Waals surface area contributed by atoms with Crippen LogP contribution in [0.5, 0.6) is 0 Å². The highest BCUT2D eigenvalue weighted by atomic mass is 32.2. The van der Waals surface area contributed by atoms with Crippen molar-refractivity contribution < 1.29 is 22.7 Å². The van der Waals surface area contributed by atoms with Crippen molar-refractivity contribution in [2.75, 3.05) is 51.7 Å². The van der Waals surface area contributed by atoms with E-state index in [4.69, 9.17) is 0 Å². The molecule has 0 spiro atoms. The van der Waals surface area contributed by atoms with Crippen LogP contribution in [0.25, 0.3) is 0 Å². The van der Waals surface area contributed by atoms with E-state index >= 15 is 0 Å². The third kappa shape index (κ3) is 6.61. The fourth-order valence-corrected chi connectivity index (χ4v) is 7.26. The summed E-state index contributed by atoms with van der Waals surface area (Å²) >= 11 is 0. The van der Waals surface area contributed by atoms with Gasteiger partial charge in [-0.15, -0.1) is 0 Å². The van der Waals surface area contributed by atoms with Gasteiger partial charge in [0.15, 0.2) is 0 Å². The lowest BCUT2D eigenvalue weighted by molar-refractivity contribution is -0.138. The van der Waals surface area contributed by atoms with Crippen molar-refractivity contribution in [3.63, 3.8) is 0 Å². The van der Waals surface area contributed by atoms with Crippen LogP contribution in [0.3, 0.4) is 0 Å². The lowest BCUT2D eigenvalue weighted by atomic mass is 9.95. The van der Waals surface area contributed by atoms with Crippen LogP contribution in [0.1, 0.15) is 30.0 Å². The van der Waals surface area contributed by atoms with Crippen LogP contribution in [-0.2, 0) is 19.6 Å². The number of benzene rings is 3. The zero-order chi connectivity index (χ0) is 28.8. The van der Waals surface area contributed by atoms with Gasteiger partial charge in [0, 0.05) is 45.0 Å². The van der Waals surface area contributed by atoms with Crippen LogP contribution in [0, 0.1) is 5.92 Å². The quantitative estimate of drug-likeness (QED) is 0.453. The summed E-state index contributed by atoms with van der Waals surface area (Å²) < 4.78 is 32.8. The van der Waals surface area contributed by atoms with E-state index in [0.29, 0.717) is 38.2 Å². The van der Waals surface area contributed by atoms with Crippen LogP contribution in [0.4, 0.5) is 10.5 Å². The highest BCUT2D eigenvalue weighted by Gasteiger charge is 2.36. The van der Waals surface area contributed by atoms with E-state index in [0.717, 1.165) is 13.1 Å². The van der Waals surface area contributed by atoms with E-state index in [1.807, 2.05) is 17.0 Å². The van der Waals surface area contributed by atoms with Gasteiger partial charge in [-0.3, -0.25) is 15.0 Å². The molecule has 3 aromatic carbocycles.